The second-order valence-electron chi connectivity index (χ2n) is 8.39. The van der Waals surface area contributed by atoms with Crippen molar-refractivity contribution in [2.24, 2.45) is 0 Å². The van der Waals surface area contributed by atoms with Crippen LogP contribution in [0.15, 0.2) is 65.7 Å². The van der Waals surface area contributed by atoms with Crippen molar-refractivity contribution in [1.82, 2.24) is 18.8 Å². The average Bonchev–Trinajstić information content (AvgIpc) is 3.31. The highest BCUT2D eigenvalue weighted by atomic mass is 35.5. The van der Waals surface area contributed by atoms with E-state index in [0.717, 1.165) is 24.0 Å². The number of esters is 1. The molecule has 1 aliphatic rings. The minimum absolute atomic E-state index is 0.0679. The molecule has 0 amide bonds. The van der Waals surface area contributed by atoms with Crippen LogP contribution in [0.1, 0.15) is 29.2 Å². The number of piperidine rings is 1. The number of nitrogens with zero attached hydrogens (tertiary/aromatic N) is 4. The van der Waals surface area contributed by atoms with Crippen molar-refractivity contribution in [1.29, 1.82) is 0 Å². The molecule has 10 heteroatoms. The molecule has 5 rings (SSSR count). The number of methoxy groups -OCH3 is 2. The number of imidazole rings is 1. The lowest BCUT2D eigenvalue weighted by molar-refractivity contribution is 0.0601. The molecule has 3 heterocycles. The van der Waals surface area contributed by atoms with E-state index in [0.29, 0.717) is 45.7 Å². The van der Waals surface area contributed by atoms with E-state index >= 15 is 0 Å². The second kappa shape index (κ2) is 10.4. The van der Waals surface area contributed by atoms with E-state index < -0.39 is 17.0 Å². The van der Waals surface area contributed by atoms with Gasteiger partial charge < -0.3 is 14.0 Å². The molecule has 1 atom stereocenters. The third-order valence-corrected chi connectivity index (χ3v) is 8.16. The number of hydrogen-bond donors (Lipinski definition) is 0. The van der Waals surface area contributed by atoms with E-state index in [1.807, 2.05) is 28.6 Å². The van der Waals surface area contributed by atoms with Crippen molar-refractivity contribution in [2.45, 2.75) is 23.8 Å². The van der Waals surface area contributed by atoms with Crippen molar-refractivity contribution in [2.75, 3.05) is 27.3 Å². The number of carbonyl (C=O) groups excluding carboxylic acids is 1. The van der Waals surface area contributed by atoms with Gasteiger partial charge in [-0.25, -0.2) is 23.3 Å². The van der Waals surface area contributed by atoms with Gasteiger partial charge in [0.1, 0.15) is 28.1 Å². The lowest BCUT2D eigenvalue weighted by Crippen LogP contribution is -2.36. The Bertz CT molecular complexity index is 1450. The molecule has 8 nitrogen and oxygen atoms in total. The fourth-order valence-corrected chi connectivity index (χ4v) is 6.17. The van der Waals surface area contributed by atoms with Gasteiger partial charge in [-0.3, -0.25) is 0 Å². The molecule has 1 fully saturated rings. The predicted octanol–water partition coefficient (Wildman–Crippen LogP) is 4.91. The van der Waals surface area contributed by atoms with E-state index in [2.05, 4.69) is 9.55 Å². The highest BCUT2D eigenvalue weighted by Gasteiger charge is 2.29. The van der Waals surface area contributed by atoms with E-state index in [-0.39, 0.29) is 6.04 Å². The number of hydrogen-bond acceptors (Lipinski definition) is 6. The first-order chi connectivity index (χ1) is 17.5. The van der Waals surface area contributed by atoms with Crippen LogP contribution in [0.3, 0.4) is 0 Å². The van der Waals surface area contributed by atoms with Gasteiger partial charge in [0.05, 0.1) is 29.7 Å². The number of aromatic nitrogens is 3. The minimum atomic E-state index is -1.34. The summed E-state index contributed by atoms with van der Waals surface area (Å²) in [6.07, 6.45) is 3.23. The highest BCUT2D eigenvalue weighted by Crippen LogP contribution is 2.35. The van der Waals surface area contributed by atoms with E-state index in [4.69, 9.17) is 26.1 Å². The maximum absolute atomic E-state index is 13.3. The number of pyridine rings is 1. The molecule has 0 aliphatic carbocycles. The largest absolute Gasteiger partial charge is 0.495 e. The van der Waals surface area contributed by atoms with Gasteiger partial charge in [-0.1, -0.05) is 29.8 Å². The number of ether oxygens (including phenoxy) is 2. The van der Waals surface area contributed by atoms with Gasteiger partial charge in [-0.05, 0) is 49.2 Å². The lowest BCUT2D eigenvalue weighted by atomic mass is 10.0. The molecule has 0 N–H and O–H groups in total. The molecular formula is C26H25ClN4O4S. The van der Waals surface area contributed by atoms with Crippen LogP contribution in [0.5, 0.6) is 5.75 Å². The first-order valence-electron chi connectivity index (χ1n) is 11.5. The topological polar surface area (TPSA) is 86.5 Å². The van der Waals surface area contributed by atoms with Gasteiger partial charge in [0.25, 0.3) is 0 Å². The molecule has 1 unspecified atom stereocenters. The quantitative estimate of drug-likeness (QED) is 0.333. The molecular weight excluding hydrogens is 500 g/mol. The third-order valence-electron chi connectivity index (χ3n) is 6.37. The van der Waals surface area contributed by atoms with Crippen molar-refractivity contribution in [3.8, 4) is 17.1 Å². The van der Waals surface area contributed by atoms with Crippen molar-refractivity contribution in [3.63, 3.8) is 0 Å². The van der Waals surface area contributed by atoms with Crippen LogP contribution in [0, 0.1) is 0 Å². The molecule has 2 aromatic heterocycles. The Morgan fingerprint density at radius 3 is 2.58 bits per heavy atom. The summed E-state index contributed by atoms with van der Waals surface area (Å²) in [5.41, 5.74) is 2.66. The summed E-state index contributed by atoms with van der Waals surface area (Å²) in [7, 11) is 1.58. The predicted molar refractivity (Wildman–Crippen MR) is 139 cm³/mol. The van der Waals surface area contributed by atoms with Crippen LogP contribution in [-0.2, 0) is 15.7 Å². The molecule has 0 bridgehead atoms. The standard InChI is InChI=1S/C26H25ClN4O4S/c1-34-23-10-9-18(16-21(23)27)36(33)30-14-11-17(12-15-30)31-24(29-22-8-5-13-28-25(22)31)19-6-3-4-7-20(19)26(32)35-2/h3-10,13,16-17H,11-12,14-15H2,1-2H3. The van der Waals surface area contributed by atoms with Gasteiger partial charge in [0.15, 0.2) is 5.65 Å². The Balaban J connectivity index is 1.45. The van der Waals surface area contributed by atoms with Crippen molar-refractivity contribution in [3.05, 3.63) is 71.4 Å². The van der Waals surface area contributed by atoms with Crippen LogP contribution in [0.25, 0.3) is 22.6 Å². The Kier molecular flexibility index (Phi) is 7.04. The third kappa shape index (κ3) is 4.50. The Morgan fingerprint density at radius 1 is 1.08 bits per heavy atom. The first kappa shape index (κ1) is 24.4. The van der Waals surface area contributed by atoms with Gasteiger partial charge in [0, 0.05) is 30.9 Å². The summed E-state index contributed by atoms with van der Waals surface area (Å²) in [4.78, 5) is 22.6. The molecule has 0 spiro atoms. The van der Waals surface area contributed by atoms with Crippen LogP contribution in [0.2, 0.25) is 5.02 Å². The number of rotatable bonds is 6. The summed E-state index contributed by atoms with van der Waals surface area (Å²) >= 11 is 6.25. The van der Waals surface area contributed by atoms with E-state index in [1.54, 1.807) is 43.6 Å². The summed E-state index contributed by atoms with van der Waals surface area (Å²) in [6, 6.07) is 16.3. The van der Waals surface area contributed by atoms with E-state index in [1.165, 1.54) is 7.11 Å². The van der Waals surface area contributed by atoms with E-state index in [9.17, 15) is 9.00 Å². The molecule has 2 aromatic carbocycles. The fraction of sp³-hybridized carbons (Fsp3) is 0.269. The second-order valence-corrected chi connectivity index (χ2v) is 10.3. The summed E-state index contributed by atoms with van der Waals surface area (Å²) in [6.45, 7) is 1.23. The van der Waals surface area contributed by atoms with Crippen LogP contribution in [-0.4, -0.2) is 56.3 Å². The van der Waals surface area contributed by atoms with Gasteiger partial charge in [0.2, 0.25) is 0 Å². The maximum Gasteiger partial charge on any atom is 0.338 e. The van der Waals surface area contributed by atoms with Crippen LogP contribution in [0.4, 0.5) is 0 Å². The Morgan fingerprint density at radius 2 is 1.86 bits per heavy atom. The number of fused-ring (bicyclic) bond motifs is 1. The average molecular weight is 525 g/mol. The normalized spacial score (nSPS) is 15.6. The van der Waals surface area contributed by atoms with Gasteiger partial charge >= 0.3 is 5.97 Å². The smallest absolute Gasteiger partial charge is 0.338 e. The lowest BCUT2D eigenvalue weighted by Gasteiger charge is -2.32. The molecule has 0 radical (unpaired) electrons. The fourth-order valence-electron chi connectivity index (χ4n) is 4.60. The summed E-state index contributed by atoms with van der Waals surface area (Å²) in [5, 5.41) is 0.433. The molecule has 186 valence electrons. The first-order valence-corrected chi connectivity index (χ1v) is 13.0. The molecule has 4 aromatic rings. The zero-order chi connectivity index (χ0) is 25.2. The van der Waals surface area contributed by atoms with Crippen molar-refractivity contribution >= 4 is 39.7 Å². The zero-order valence-corrected chi connectivity index (χ0v) is 21.5. The SMILES string of the molecule is COC(=O)c1ccccc1-c1nc2cccnc2n1C1CCN(S(=O)c2ccc(OC)c(Cl)c2)CC1. The number of benzene rings is 2. The Hall–Kier alpha value is -3.27. The molecule has 1 aliphatic heterocycles. The number of halogens is 1. The van der Waals surface area contributed by atoms with Crippen LogP contribution >= 0.6 is 11.6 Å². The number of carbonyl (C=O) groups is 1. The van der Waals surface area contributed by atoms with Crippen molar-refractivity contribution < 1.29 is 18.5 Å². The highest BCUT2D eigenvalue weighted by molar-refractivity contribution is 7.82. The maximum atomic E-state index is 13.3. The van der Waals surface area contributed by atoms with Crippen LogP contribution < -0.4 is 4.74 Å². The monoisotopic (exact) mass is 524 g/mol. The molecule has 1 saturated heterocycles. The molecule has 36 heavy (non-hydrogen) atoms. The summed E-state index contributed by atoms with van der Waals surface area (Å²) in [5.74, 6) is 0.808. The minimum Gasteiger partial charge on any atom is -0.495 e. The molecule has 0 saturated carbocycles. The van der Waals surface area contributed by atoms with Gasteiger partial charge in [-0.15, -0.1) is 0 Å². The summed E-state index contributed by atoms with van der Waals surface area (Å²) < 4.78 is 27.5. The zero-order valence-electron chi connectivity index (χ0n) is 19.9. The Labute approximate surface area is 216 Å². The van der Waals surface area contributed by atoms with Gasteiger partial charge in [-0.2, -0.15) is 0 Å².